The van der Waals surface area contributed by atoms with Crippen molar-refractivity contribution in [1.29, 1.82) is 5.26 Å². The van der Waals surface area contributed by atoms with E-state index in [1.807, 2.05) is 4.72 Å². The molecule has 2 aromatic rings. The molecule has 2 aromatic carbocycles. The first-order valence-electron chi connectivity index (χ1n) is 7.75. The van der Waals surface area contributed by atoms with Crippen molar-refractivity contribution in [3.05, 3.63) is 66.2 Å². The Balaban J connectivity index is 2.22. The SMILES string of the molecule is N#CCCS(=O)(=O)NC(=O)CN(C(=O)c1ccccc1)c1ccccc1. The van der Waals surface area contributed by atoms with E-state index in [1.165, 1.54) is 4.90 Å². The standard InChI is InChI=1S/C18H17N3O4S/c19-12-7-13-26(24,25)20-17(22)14-21(16-10-5-2-6-11-16)18(23)15-8-3-1-4-9-15/h1-6,8-11H,7,13-14H2,(H,20,22). The molecule has 0 radical (unpaired) electrons. The number of amides is 2. The summed E-state index contributed by atoms with van der Waals surface area (Å²) in [5, 5.41) is 8.48. The average Bonchev–Trinajstić information content (AvgIpc) is 2.65. The number of hydrogen-bond donors (Lipinski definition) is 1. The van der Waals surface area contributed by atoms with Crippen LogP contribution in [0, 0.1) is 11.3 Å². The Morgan fingerprint density at radius 3 is 2.15 bits per heavy atom. The van der Waals surface area contributed by atoms with Crippen molar-refractivity contribution in [2.45, 2.75) is 6.42 Å². The summed E-state index contributed by atoms with van der Waals surface area (Å²) >= 11 is 0. The fourth-order valence-corrected chi connectivity index (χ4v) is 3.08. The second-order valence-corrected chi connectivity index (χ2v) is 7.19. The van der Waals surface area contributed by atoms with Crippen LogP contribution in [0.5, 0.6) is 0 Å². The van der Waals surface area contributed by atoms with E-state index in [1.54, 1.807) is 66.7 Å². The molecule has 0 fully saturated rings. The monoisotopic (exact) mass is 371 g/mol. The lowest BCUT2D eigenvalue weighted by Gasteiger charge is -2.22. The maximum atomic E-state index is 12.8. The predicted octanol–water partition coefficient (Wildman–Crippen LogP) is 1.69. The maximum absolute atomic E-state index is 12.8. The van der Waals surface area contributed by atoms with Crippen molar-refractivity contribution in [2.75, 3.05) is 17.2 Å². The summed E-state index contributed by atoms with van der Waals surface area (Å²) in [4.78, 5) is 26.1. The van der Waals surface area contributed by atoms with Gasteiger partial charge in [-0.25, -0.2) is 8.42 Å². The molecule has 0 unspecified atom stereocenters. The molecule has 0 aliphatic carbocycles. The lowest BCUT2D eigenvalue weighted by atomic mass is 10.2. The van der Waals surface area contributed by atoms with Crippen molar-refractivity contribution in [2.24, 2.45) is 0 Å². The second-order valence-electron chi connectivity index (χ2n) is 5.35. The minimum atomic E-state index is -3.92. The van der Waals surface area contributed by atoms with E-state index < -0.39 is 34.1 Å². The molecular formula is C18H17N3O4S. The minimum Gasteiger partial charge on any atom is -0.299 e. The van der Waals surface area contributed by atoms with Crippen molar-refractivity contribution in [3.63, 3.8) is 0 Å². The quantitative estimate of drug-likeness (QED) is 0.797. The summed E-state index contributed by atoms with van der Waals surface area (Å²) in [6, 6.07) is 18.6. The van der Waals surface area contributed by atoms with Crippen LogP contribution < -0.4 is 9.62 Å². The van der Waals surface area contributed by atoms with Crippen LogP contribution in [-0.4, -0.2) is 32.5 Å². The number of para-hydroxylation sites is 1. The fourth-order valence-electron chi connectivity index (χ4n) is 2.21. The number of sulfonamides is 1. The molecule has 0 aromatic heterocycles. The highest BCUT2D eigenvalue weighted by atomic mass is 32.2. The van der Waals surface area contributed by atoms with Crippen molar-refractivity contribution in [1.82, 2.24) is 4.72 Å². The van der Waals surface area contributed by atoms with Gasteiger partial charge in [0.25, 0.3) is 11.8 Å². The first-order valence-corrected chi connectivity index (χ1v) is 9.40. The summed E-state index contributed by atoms with van der Waals surface area (Å²) in [5.41, 5.74) is 0.836. The summed E-state index contributed by atoms with van der Waals surface area (Å²) < 4.78 is 25.4. The fraction of sp³-hybridized carbons (Fsp3) is 0.167. The first kappa shape index (κ1) is 19.1. The van der Waals surface area contributed by atoms with Gasteiger partial charge in [-0.3, -0.25) is 19.2 Å². The molecule has 2 rings (SSSR count). The summed E-state index contributed by atoms with van der Waals surface area (Å²) in [7, 11) is -3.92. The lowest BCUT2D eigenvalue weighted by Crippen LogP contribution is -2.43. The Morgan fingerprint density at radius 2 is 1.58 bits per heavy atom. The molecule has 0 saturated carbocycles. The van der Waals surface area contributed by atoms with Crippen LogP contribution in [0.2, 0.25) is 0 Å². The molecule has 26 heavy (non-hydrogen) atoms. The molecule has 0 aliphatic heterocycles. The number of anilines is 1. The molecule has 0 aliphatic rings. The molecule has 134 valence electrons. The highest BCUT2D eigenvalue weighted by molar-refractivity contribution is 7.90. The first-order chi connectivity index (χ1) is 12.4. The van der Waals surface area contributed by atoms with Crippen LogP contribution in [0.4, 0.5) is 5.69 Å². The molecular weight excluding hydrogens is 354 g/mol. The van der Waals surface area contributed by atoms with E-state index in [-0.39, 0.29) is 6.42 Å². The smallest absolute Gasteiger partial charge is 0.258 e. The number of carbonyl (C=O) groups excluding carboxylic acids is 2. The molecule has 0 saturated heterocycles. The van der Waals surface area contributed by atoms with Crippen LogP contribution >= 0.6 is 0 Å². The van der Waals surface area contributed by atoms with Gasteiger partial charge in [0.05, 0.1) is 18.2 Å². The van der Waals surface area contributed by atoms with Gasteiger partial charge in [-0.15, -0.1) is 0 Å². The van der Waals surface area contributed by atoms with Gasteiger partial charge in [-0.05, 0) is 24.3 Å². The predicted molar refractivity (Wildman–Crippen MR) is 96.7 cm³/mol. The number of nitrogens with zero attached hydrogens (tertiary/aromatic N) is 2. The molecule has 8 heteroatoms. The van der Waals surface area contributed by atoms with E-state index in [4.69, 9.17) is 5.26 Å². The van der Waals surface area contributed by atoms with E-state index >= 15 is 0 Å². The normalized spacial score (nSPS) is 10.6. The third-order valence-corrected chi connectivity index (χ3v) is 4.67. The summed E-state index contributed by atoms with van der Waals surface area (Å²) in [5.74, 6) is -1.76. The van der Waals surface area contributed by atoms with Crippen molar-refractivity contribution < 1.29 is 18.0 Å². The van der Waals surface area contributed by atoms with Gasteiger partial charge in [-0.2, -0.15) is 5.26 Å². The molecule has 0 bridgehead atoms. The van der Waals surface area contributed by atoms with E-state index in [0.29, 0.717) is 11.3 Å². The average molecular weight is 371 g/mol. The lowest BCUT2D eigenvalue weighted by molar-refractivity contribution is -0.118. The zero-order valence-corrected chi connectivity index (χ0v) is 14.6. The Hall–Kier alpha value is -3.18. The molecule has 0 atom stereocenters. The number of nitriles is 1. The van der Waals surface area contributed by atoms with Crippen molar-refractivity contribution in [3.8, 4) is 6.07 Å². The van der Waals surface area contributed by atoms with Gasteiger partial charge < -0.3 is 0 Å². The van der Waals surface area contributed by atoms with Crippen LogP contribution in [0.15, 0.2) is 60.7 Å². The molecule has 0 spiro atoms. The van der Waals surface area contributed by atoms with Gasteiger partial charge in [0.2, 0.25) is 10.0 Å². The summed E-state index contributed by atoms with van der Waals surface area (Å²) in [6.07, 6.45) is -0.228. The third kappa shape index (κ3) is 5.43. The Bertz CT molecular complexity index is 906. The number of nitrogens with one attached hydrogen (secondary N) is 1. The molecule has 1 N–H and O–H groups in total. The molecule has 0 heterocycles. The molecule has 2 amide bonds. The molecule has 7 nitrogen and oxygen atoms in total. The van der Waals surface area contributed by atoms with Gasteiger partial charge in [-0.1, -0.05) is 36.4 Å². The van der Waals surface area contributed by atoms with E-state index in [2.05, 4.69) is 0 Å². The highest BCUT2D eigenvalue weighted by Crippen LogP contribution is 2.16. The van der Waals surface area contributed by atoms with E-state index in [9.17, 15) is 18.0 Å². The second kappa shape index (κ2) is 8.78. The van der Waals surface area contributed by atoms with Crippen molar-refractivity contribution >= 4 is 27.5 Å². The largest absolute Gasteiger partial charge is 0.299 e. The van der Waals surface area contributed by atoms with Crippen LogP contribution in [0.1, 0.15) is 16.8 Å². The van der Waals surface area contributed by atoms with Crippen LogP contribution in [0.3, 0.4) is 0 Å². The van der Waals surface area contributed by atoms with Gasteiger partial charge >= 0.3 is 0 Å². The number of rotatable bonds is 7. The van der Waals surface area contributed by atoms with Gasteiger partial charge in [0, 0.05) is 11.3 Å². The highest BCUT2D eigenvalue weighted by Gasteiger charge is 2.23. The summed E-state index contributed by atoms with van der Waals surface area (Å²) in [6.45, 7) is -0.469. The Labute approximate surface area is 151 Å². The maximum Gasteiger partial charge on any atom is 0.258 e. The van der Waals surface area contributed by atoms with Crippen LogP contribution in [0.25, 0.3) is 0 Å². The van der Waals surface area contributed by atoms with E-state index in [0.717, 1.165) is 0 Å². The Morgan fingerprint density at radius 1 is 1.00 bits per heavy atom. The zero-order valence-electron chi connectivity index (χ0n) is 13.8. The van der Waals surface area contributed by atoms with Gasteiger partial charge in [0.15, 0.2) is 0 Å². The third-order valence-electron chi connectivity index (χ3n) is 3.39. The number of benzene rings is 2. The zero-order chi connectivity index (χ0) is 19.0. The Kier molecular flexibility index (Phi) is 6.47. The van der Waals surface area contributed by atoms with Gasteiger partial charge in [0.1, 0.15) is 6.54 Å². The topological polar surface area (TPSA) is 107 Å². The minimum absolute atomic E-state index is 0.228. The number of carbonyl (C=O) groups is 2. The van der Waals surface area contributed by atoms with Crippen LogP contribution in [-0.2, 0) is 14.8 Å². The number of hydrogen-bond acceptors (Lipinski definition) is 5.